The molecular formula is C25H44N4O2. The molecule has 4 aliphatic rings. The van der Waals surface area contributed by atoms with Gasteiger partial charge in [-0.3, -0.25) is 9.59 Å². The van der Waals surface area contributed by atoms with Crippen molar-refractivity contribution in [1.82, 2.24) is 20.0 Å². The van der Waals surface area contributed by atoms with Crippen molar-refractivity contribution in [3.05, 3.63) is 0 Å². The molecule has 0 radical (unpaired) electrons. The predicted molar refractivity (Wildman–Crippen MR) is 124 cm³/mol. The number of hydrogen-bond acceptors (Lipinski definition) is 4. The van der Waals surface area contributed by atoms with Gasteiger partial charge in [-0.15, -0.1) is 0 Å². The van der Waals surface area contributed by atoms with E-state index in [4.69, 9.17) is 0 Å². The molecule has 2 amide bonds. The van der Waals surface area contributed by atoms with Gasteiger partial charge in [0.1, 0.15) is 6.04 Å². The van der Waals surface area contributed by atoms with E-state index in [1.165, 1.54) is 38.6 Å². The summed E-state index contributed by atoms with van der Waals surface area (Å²) in [7, 11) is 2.13. The monoisotopic (exact) mass is 432 g/mol. The number of carbonyl (C=O) groups is 2. The van der Waals surface area contributed by atoms with Crippen molar-refractivity contribution >= 4 is 11.8 Å². The van der Waals surface area contributed by atoms with Gasteiger partial charge in [-0.1, -0.05) is 40.0 Å². The fourth-order valence-corrected chi connectivity index (χ4v) is 6.51. The van der Waals surface area contributed by atoms with E-state index in [1.54, 1.807) is 0 Å². The number of nitrogens with zero attached hydrogens (tertiary/aromatic N) is 3. The number of rotatable bonds is 4. The Labute approximate surface area is 189 Å². The Morgan fingerprint density at radius 1 is 1.10 bits per heavy atom. The molecule has 1 saturated carbocycles. The summed E-state index contributed by atoms with van der Waals surface area (Å²) in [5.41, 5.74) is -0.120. The first-order valence-electron chi connectivity index (χ1n) is 12.7. The van der Waals surface area contributed by atoms with E-state index in [2.05, 4.69) is 42.9 Å². The van der Waals surface area contributed by atoms with Gasteiger partial charge in [-0.2, -0.15) is 0 Å². The van der Waals surface area contributed by atoms with Crippen LogP contribution in [-0.4, -0.2) is 83.9 Å². The summed E-state index contributed by atoms with van der Waals surface area (Å²) in [5, 5.41) is 3.38. The smallest absolute Gasteiger partial charge is 0.243 e. The molecule has 176 valence electrons. The first-order valence-corrected chi connectivity index (χ1v) is 12.7. The van der Waals surface area contributed by atoms with Crippen LogP contribution in [0.2, 0.25) is 0 Å². The van der Waals surface area contributed by atoms with Crippen molar-refractivity contribution in [2.75, 3.05) is 39.8 Å². The maximum absolute atomic E-state index is 13.3. The molecule has 3 saturated heterocycles. The van der Waals surface area contributed by atoms with E-state index in [0.29, 0.717) is 13.0 Å². The van der Waals surface area contributed by atoms with Gasteiger partial charge in [0.05, 0.1) is 12.0 Å². The van der Waals surface area contributed by atoms with E-state index in [0.717, 1.165) is 44.8 Å². The molecule has 3 aliphatic heterocycles. The zero-order chi connectivity index (χ0) is 22.2. The van der Waals surface area contributed by atoms with Crippen molar-refractivity contribution < 1.29 is 9.59 Å². The van der Waals surface area contributed by atoms with Crippen LogP contribution in [0, 0.1) is 11.3 Å². The SMILES string of the molecule is CN(CC(C)(C)C)[C@H]1C[C@H]2C(=O)NC3(CCN(CC4CCCCC4)CC3)CC(=O)N2C1. The highest BCUT2D eigenvalue weighted by Crippen LogP contribution is 2.35. The van der Waals surface area contributed by atoms with E-state index in [9.17, 15) is 9.59 Å². The average molecular weight is 433 g/mol. The van der Waals surface area contributed by atoms with Crippen LogP contribution in [0.1, 0.15) is 78.6 Å². The predicted octanol–water partition coefficient (Wildman–Crippen LogP) is 2.87. The third kappa shape index (κ3) is 5.44. The lowest BCUT2D eigenvalue weighted by molar-refractivity contribution is -0.135. The van der Waals surface area contributed by atoms with Crippen LogP contribution in [-0.2, 0) is 9.59 Å². The lowest BCUT2D eigenvalue weighted by Crippen LogP contribution is -2.56. The number of likely N-dealkylation sites (N-methyl/N-ethyl adjacent to an activating group) is 1. The third-order valence-electron chi connectivity index (χ3n) is 8.18. The number of carbonyl (C=O) groups excluding carboxylic acids is 2. The van der Waals surface area contributed by atoms with Gasteiger partial charge < -0.3 is 20.0 Å². The molecule has 6 nitrogen and oxygen atoms in total. The van der Waals surface area contributed by atoms with Crippen LogP contribution in [0.4, 0.5) is 0 Å². The maximum Gasteiger partial charge on any atom is 0.243 e. The first-order chi connectivity index (χ1) is 14.6. The molecule has 0 unspecified atom stereocenters. The number of nitrogens with one attached hydrogen (secondary N) is 1. The topological polar surface area (TPSA) is 55.9 Å². The minimum atomic E-state index is -0.325. The van der Waals surface area contributed by atoms with Gasteiger partial charge in [-0.05, 0) is 50.5 Å². The highest BCUT2D eigenvalue weighted by Gasteiger charge is 2.49. The standard InChI is InChI=1S/C25H44N4O2/c1-24(2,3)18-27(4)20-14-21-23(31)26-25(15-22(30)29(21)17-20)10-12-28(13-11-25)16-19-8-6-5-7-9-19/h19-21H,5-18H2,1-4H3,(H,26,31)/t20-,21-/m0/s1. The van der Waals surface area contributed by atoms with Gasteiger partial charge in [-0.25, -0.2) is 0 Å². The van der Waals surface area contributed by atoms with E-state index >= 15 is 0 Å². The third-order valence-corrected chi connectivity index (χ3v) is 8.18. The van der Waals surface area contributed by atoms with Gasteiger partial charge >= 0.3 is 0 Å². The van der Waals surface area contributed by atoms with Crippen molar-refractivity contribution in [3.8, 4) is 0 Å². The van der Waals surface area contributed by atoms with E-state index < -0.39 is 0 Å². The molecule has 31 heavy (non-hydrogen) atoms. The van der Waals surface area contributed by atoms with Crippen LogP contribution in [0.3, 0.4) is 0 Å². The summed E-state index contributed by atoms with van der Waals surface area (Å²) < 4.78 is 0. The van der Waals surface area contributed by atoms with Crippen LogP contribution in [0.25, 0.3) is 0 Å². The first kappa shape index (κ1) is 23.0. The minimum Gasteiger partial charge on any atom is -0.348 e. The summed E-state index contributed by atoms with van der Waals surface area (Å²) in [6.45, 7) is 11.6. The molecule has 4 rings (SSSR count). The zero-order valence-electron chi connectivity index (χ0n) is 20.3. The number of fused-ring (bicyclic) bond motifs is 1. The molecule has 1 N–H and O–H groups in total. The average Bonchev–Trinajstić information content (AvgIpc) is 3.12. The Kier molecular flexibility index (Phi) is 6.69. The highest BCUT2D eigenvalue weighted by molar-refractivity contribution is 5.92. The summed E-state index contributed by atoms with van der Waals surface area (Å²) in [6, 6.07) is -0.0233. The second-order valence-corrected chi connectivity index (χ2v) is 12.2. The molecule has 0 aromatic heterocycles. The Bertz CT molecular complexity index is 631. The van der Waals surface area contributed by atoms with E-state index in [-0.39, 0.29) is 34.9 Å². The normalized spacial score (nSPS) is 30.5. The summed E-state index contributed by atoms with van der Waals surface area (Å²) in [6.07, 6.45) is 9.97. The lowest BCUT2D eigenvalue weighted by Gasteiger charge is -2.42. The zero-order valence-corrected chi connectivity index (χ0v) is 20.3. The lowest BCUT2D eigenvalue weighted by atomic mass is 9.82. The van der Waals surface area contributed by atoms with Crippen LogP contribution in [0.5, 0.6) is 0 Å². The Hall–Kier alpha value is -1.14. The molecular weight excluding hydrogens is 388 g/mol. The molecule has 4 fully saturated rings. The van der Waals surface area contributed by atoms with Gasteiger partial charge in [0.2, 0.25) is 11.8 Å². The summed E-state index contributed by atoms with van der Waals surface area (Å²) in [4.78, 5) is 33.3. The quantitative estimate of drug-likeness (QED) is 0.742. The van der Waals surface area contributed by atoms with Gasteiger partial charge in [0.25, 0.3) is 0 Å². The number of amides is 2. The largest absolute Gasteiger partial charge is 0.348 e. The highest BCUT2D eigenvalue weighted by atomic mass is 16.2. The van der Waals surface area contributed by atoms with Crippen LogP contribution >= 0.6 is 0 Å². The van der Waals surface area contributed by atoms with E-state index in [1.807, 2.05) is 4.90 Å². The molecule has 1 spiro atoms. The molecule has 0 bridgehead atoms. The van der Waals surface area contributed by atoms with Crippen molar-refractivity contribution in [2.45, 2.75) is 96.2 Å². The Balaban J connectivity index is 1.34. The van der Waals surface area contributed by atoms with Crippen molar-refractivity contribution in [2.24, 2.45) is 11.3 Å². The van der Waals surface area contributed by atoms with Crippen molar-refractivity contribution in [3.63, 3.8) is 0 Å². The molecule has 6 heteroatoms. The van der Waals surface area contributed by atoms with Crippen molar-refractivity contribution in [1.29, 1.82) is 0 Å². The summed E-state index contributed by atoms with van der Waals surface area (Å²) in [5.74, 6) is 1.11. The van der Waals surface area contributed by atoms with Gasteiger partial charge in [0.15, 0.2) is 0 Å². The Morgan fingerprint density at radius 2 is 1.77 bits per heavy atom. The van der Waals surface area contributed by atoms with Crippen LogP contribution in [0.15, 0.2) is 0 Å². The fraction of sp³-hybridized carbons (Fsp3) is 0.920. The van der Waals surface area contributed by atoms with Gasteiger partial charge in [0, 0.05) is 38.8 Å². The molecule has 0 aromatic carbocycles. The molecule has 1 aliphatic carbocycles. The molecule has 0 aromatic rings. The summed E-state index contributed by atoms with van der Waals surface area (Å²) >= 11 is 0. The molecule has 3 heterocycles. The maximum atomic E-state index is 13.3. The number of piperidine rings is 1. The fourth-order valence-electron chi connectivity index (χ4n) is 6.51. The number of hydrogen-bond donors (Lipinski definition) is 1. The molecule has 2 atom stereocenters. The second kappa shape index (κ2) is 9.01. The second-order valence-electron chi connectivity index (χ2n) is 12.2. The number of likely N-dealkylation sites (tertiary alicyclic amines) is 1. The minimum absolute atomic E-state index is 0.0817. The van der Waals surface area contributed by atoms with Crippen LogP contribution < -0.4 is 5.32 Å². The Morgan fingerprint density at radius 3 is 2.42 bits per heavy atom.